The smallest absolute Gasteiger partial charge is 0.276 e. The van der Waals surface area contributed by atoms with Crippen LogP contribution in [-0.4, -0.2) is 56.7 Å². The summed E-state index contributed by atoms with van der Waals surface area (Å²) in [4.78, 5) is 21.6. The predicted octanol–water partition coefficient (Wildman–Crippen LogP) is 2.39. The Hall–Kier alpha value is -2.25. The zero-order chi connectivity index (χ0) is 18.6. The van der Waals surface area contributed by atoms with Gasteiger partial charge in [0.25, 0.3) is 5.91 Å². The largest absolute Gasteiger partial charge is 0.393 e. The van der Waals surface area contributed by atoms with Crippen molar-refractivity contribution in [3.63, 3.8) is 0 Å². The van der Waals surface area contributed by atoms with E-state index in [2.05, 4.69) is 15.0 Å². The number of nitrogens with zero attached hydrogens (tertiary/aromatic N) is 4. The molecular weight excluding hydrogens is 344 g/mol. The van der Waals surface area contributed by atoms with Crippen molar-refractivity contribution < 1.29 is 14.4 Å². The molecule has 1 N–H and O–H groups in total. The average molecular weight is 370 g/mol. The lowest BCUT2D eigenvalue weighted by Gasteiger charge is -2.34. The van der Waals surface area contributed by atoms with E-state index < -0.39 is 0 Å². The molecule has 1 amide bonds. The van der Waals surface area contributed by atoms with Crippen molar-refractivity contribution in [3.05, 3.63) is 47.6 Å². The summed E-state index contributed by atoms with van der Waals surface area (Å²) in [5.41, 5.74) is 1.30. The third-order valence-corrected chi connectivity index (χ3v) is 5.51. The summed E-state index contributed by atoms with van der Waals surface area (Å²) in [7, 11) is 0. The summed E-state index contributed by atoms with van der Waals surface area (Å²) in [5, 5.41) is 13.7. The number of carbonyl (C=O) groups excluding carboxylic acids is 1. The van der Waals surface area contributed by atoms with Gasteiger partial charge in [0.1, 0.15) is 0 Å². The first-order chi connectivity index (χ1) is 13.2. The van der Waals surface area contributed by atoms with Gasteiger partial charge in [-0.15, -0.1) is 0 Å². The topological polar surface area (TPSA) is 82.7 Å². The Morgan fingerprint density at radius 3 is 2.81 bits per heavy atom. The molecule has 4 rings (SSSR count). The number of aliphatic hydroxyl groups is 1. The van der Waals surface area contributed by atoms with E-state index >= 15 is 0 Å². The second kappa shape index (κ2) is 8.19. The standard InChI is InChI=1S/C20H26N4O3/c25-15-7-11-23(12-8-15)14-16-13-18(22-27-16)20(26)24-10-4-2-6-19(24)17-5-1-3-9-21-17/h1,3,5,9,13,15,19,25H,2,4,6-8,10-12,14H2/t19-/m1/s1. The SMILES string of the molecule is O=C(c1cc(CN2CCC(O)CC2)on1)N1CCCC[C@@H]1c1ccccn1. The van der Waals surface area contributed by atoms with E-state index in [1.54, 1.807) is 12.3 Å². The van der Waals surface area contributed by atoms with Crippen LogP contribution in [0.25, 0.3) is 0 Å². The van der Waals surface area contributed by atoms with Crippen molar-refractivity contribution in [2.75, 3.05) is 19.6 Å². The van der Waals surface area contributed by atoms with Gasteiger partial charge in [-0.1, -0.05) is 11.2 Å². The van der Waals surface area contributed by atoms with E-state index in [0.717, 1.165) is 50.9 Å². The van der Waals surface area contributed by atoms with Crippen molar-refractivity contribution in [2.45, 2.75) is 50.8 Å². The molecule has 0 aromatic carbocycles. The maximum absolute atomic E-state index is 13.1. The number of hydrogen-bond donors (Lipinski definition) is 1. The molecule has 0 bridgehead atoms. The summed E-state index contributed by atoms with van der Waals surface area (Å²) in [6.07, 6.45) is 6.14. The molecule has 2 saturated heterocycles. The zero-order valence-electron chi connectivity index (χ0n) is 15.5. The second-order valence-electron chi connectivity index (χ2n) is 7.45. The number of likely N-dealkylation sites (tertiary alicyclic amines) is 2. The Labute approximate surface area is 159 Å². The molecule has 144 valence electrons. The third-order valence-electron chi connectivity index (χ3n) is 5.51. The lowest BCUT2D eigenvalue weighted by atomic mass is 9.98. The van der Waals surface area contributed by atoms with Crippen LogP contribution >= 0.6 is 0 Å². The lowest BCUT2D eigenvalue weighted by molar-refractivity contribution is 0.0594. The van der Waals surface area contributed by atoms with E-state index in [9.17, 15) is 9.90 Å². The van der Waals surface area contributed by atoms with Gasteiger partial charge in [-0.3, -0.25) is 14.7 Å². The first-order valence-corrected chi connectivity index (χ1v) is 9.78. The van der Waals surface area contributed by atoms with Gasteiger partial charge < -0.3 is 14.5 Å². The Balaban J connectivity index is 1.44. The zero-order valence-corrected chi connectivity index (χ0v) is 15.5. The van der Waals surface area contributed by atoms with Gasteiger partial charge in [-0.2, -0.15) is 0 Å². The monoisotopic (exact) mass is 370 g/mol. The first-order valence-electron chi connectivity index (χ1n) is 9.78. The molecule has 2 fully saturated rings. The number of aliphatic hydroxyl groups excluding tert-OH is 1. The minimum absolute atomic E-state index is 0.00354. The maximum atomic E-state index is 13.1. The van der Waals surface area contributed by atoms with Crippen molar-refractivity contribution in [1.29, 1.82) is 0 Å². The minimum atomic E-state index is -0.198. The van der Waals surface area contributed by atoms with Crippen molar-refractivity contribution in [3.8, 4) is 0 Å². The maximum Gasteiger partial charge on any atom is 0.276 e. The number of amides is 1. The number of hydrogen-bond acceptors (Lipinski definition) is 6. The van der Waals surface area contributed by atoms with Crippen LogP contribution < -0.4 is 0 Å². The highest BCUT2D eigenvalue weighted by Crippen LogP contribution is 2.31. The van der Waals surface area contributed by atoms with Crippen LogP contribution in [0, 0.1) is 0 Å². The molecule has 2 aromatic rings. The second-order valence-corrected chi connectivity index (χ2v) is 7.45. The molecular formula is C20H26N4O3. The molecule has 7 heteroatoms. The van der Waals surface area contributed by atoms with Crippen LogP contribution in [0.1, 0.15) is 60.1 Å². The van der Waals surface area contributed by atoms with Gasteiger partial charge >= 0.3 is 0 Å². The van der Waals surface area contributed by atoms with Gasteiger partial charge in [-0.05, 0) is 44.2 Å². The molecule has 7 nitrogen and oxygen atoms in total. The van der Waals surface area contributed by atoms with E-state index in [1.807, 2.05) is 23.1 Å². The van der Waals surface area contributed by atoms with E-state index in [1.165, 1.54) is 0 Å². The molecule has 4 heterocycles. The fourth-order valence-corrected chi connectivity index (χ4v) is 3.99. The van der Waals surface area contributed by atoms with Crippen LogP contribution in [-0.2, 0) is 6.54 Å². The number of aromatic nitrogens is 2. The highest BCUT2D eigenvalue weighted by molar-refractivity contribution is 5.92. The van der Waals surface area contributed by atoms with Gasteiger partial charge in [0.2, 0.25) is 0 Å². The summed E-state index contributed by atoms with van der Waals surface area (Å²) < 4.78 is 5.43. The summed E-state index contributed by atoms with van der Waals surface area (Å²) >= 11 is 0. The number of pyridine rings is 1. The fraction of sp³-hybridized carbons (Fsp3) is 0.550. The molecule has 0 radical (unpaired) electrons. The number of piperidine rings is 2. The Kier molecular flexibility index (Phi) is 5.50. The van der Waals surface area contributed by atoms with Crippen LogP contribution in [0.4, 0.5) is 0 Å². The predicted molar refractivity (Wildman–Crippen MR) is 98.9 cm³/mol. The molecule has 2 aromatic heterocycles. The number of rotatable bonds is 4. The highest BCUT2D eigenvalue weighted by Gasteiger charge is 2.31. The van der Waals surface area contributed by atoms with Gasteiger partial charge in [0.05, 0.1) is 24.4 Å². The van der Waals surface area contributed by atoms with Gasteiger partial charge in [0, 0.05) is 31.9 Å². The number of carbonyl (C=O) groups is 1. The third kappa shape index (κ3) is 4.20. The van der Waals surface area contributed by atoms with Crippen molar-refractivity contribution in [2.24, 2.45) is 0 Å². The Morgan fingerprint density at radius 1 is 1.19 bits per heavy atom. The van der Waals surface area contributed by atoms with Crippen LogP contribution in [0.15, 0.2) is 35.0 Å². The van der Waals surface area contributed by atoms with Crippen LogP contribution in [0.5, 0.6) is 0 Å². The normalized spacial score (nSPS) is 22.1. The molecule has 27 heavy (non-hydrogen) atoms. The molecule has 0 unspecified atom stereocenters. The van der Waals surface area contributed by atoms with Crippen LogP contribution in [0.3, 0.4) is 0 Å². The van der Waals surface area contributed by atoms with Crippen LogP contribution in [0.2, 0.25) is 0 Å². The summed E-state index contributed by atoms with van der Waals surface area (Å²) in [6, 6.07) is 7.59. The molecule has 0 spiro atoms. The molecule has 0 saturated carbocycles. The summed E-state index contributed by atoms with van der Waals surface area (Å²) in [5.74, 6) is 0.607. The van der Waals surface area contributed by atoms with Gasteiger partial charge in [-0.25, -0.2) is 0 Å². The van der Waals surface area contributed by atoms with E-state index in [-0.39, 0.29) is 18.1 Å². The highest BCUT2D eigenvalue weighted by atomic mass is 16.5. The van der Waals surface area contributed by atoms with E-state index in [0.29, 0.717) is 24.5 Å². The van der Waals surface area contributed by atoms with Crippen molar-refractivity contribution >= 4 is 5.91 Å². The van der Waals surface area contributed by atoms with Crippen molar-refractivity contribution in [1.82, 2.24) is 19.9 Å². The first kappa shape index (κ1) is 18.1. The molecule has 2 aliphatic heterocycles. The van der Waals surface area contributed by atoms with E-state index in [4.69, 9.17) is 4.52 Å². The fourth-order valence-electron chi connectivity index (χ4n) is 3.99. The van der Waals surface area contributed by atoms with Gasteiger partial charge in [0.15, 0.2) is 11.5 Å². The lowest BCUT2D eigenvalue weighted by Crippen LogP contribution is -2.39. The quantitative estimate of drug-likeness (QED) is 0.890. The molecule has 0 aliphatic carbocycles. The summed E-state index contributed by atoms with van der Waals surface area (Å²) in [6.45, 7) is 3.00. The Morgan fingerprint density at radius 2 is 2.04 bits per heavy atom. The molecule has 2 aliphatic rings. The Bertz CT molecular complexity index is 756. The molecule has 1 atom stereocenters. The minimum Gasteiger partial charge on any atom is -0.393 e. The average Bonchev–Trinajstić information content (AvgIpc) is 3.18.